The molecule has 15 heteroatoms. The normalized spacial score (nSPS) is 14.4. The molecule has 0 aromatic heterocycles. The van der Waals surface area contributed by atoms with Crippen LogP contribution in [0, 0.1) is 11.8 Å². The number of hydrogen-bond donors (Lipinski definition) is 5. The first-order valence-corrected chi connectivity index (χ1v) is 16.6. The van der Waals surface area contributed by atoms with Gasteiger partial charge in [-0.1, -0.05) is 96.8 Å². The summed E-state index contributed by atoms with van der Waals surface area (Å²) in [5, 5.41) is 14.5. The molecule has 54 heavy (non-hydrogen) atoms. The lowest BCUT2D eigenvalue weighted by atomic mass is 10.0. The molecule has 1 aliphatic rings. The van der Waals surface area contributed by atoms with Crippen LogP contribution in [0.3, 0.4) is 0 Å². The maximum atomic E-state index is 11.7. The van der Waals surface area contributed by atoms with Crippen molar-refractivity contribution in [2.75, 3.05) is 40.4 Å². The lowest BCUT2D eigenvalue weighted by Gasteiger charge is -2.21. The van der Waals surface area contributed by atoms with Gasteiger partial charge < -0.3 is 30.0 Å². The number of carbonyl (C=O) groups is 4. The highest BCUT2D eigenvalue weighted by atomic mass is 35.5. The van der Waals surface area contributed by atoms with E-state index in [0.29, 0.717) is 52.0 Å². The number of ether oxygens (including phenoxy) is 2. The van der Waals surface area contributed by atoms with Gasteiger partial charge in [0.05, 0.1) is 32.3 Å². The van der Waals surface area contributed by atoms with Gasteiger partial charge in [-0.05, 0) is 51.3 Å². The van der Waals surface area contributed by atoms with E-state index in [1.165, 1.54) is 7.05 Å². The molecule has 0 saturated carbocycles. The molecule has 2 aromatic carbocycles. The fourth-order valence-electron chi connectivity index (χ4n) is 3.96. The molecule has 314 valence electrons. The van der Waals surface area contributed by atoms with Crippen LogP contribution in [0.5, 0.6) is 0 Å². The number of carbonyl (C=O) groups excluding carboxylic acids is 3. The Balaban J connectivity index is -0.000000144. The number of hydrogen-bond acceptors (Lipinski definition) is 13. The van der Waals surface area contributed by atoms with Crippen molar-refractivity contribution in [2.45, 2.75) is 95.0 Å². The smallest absolute Gasteiger partial charge is 0.348 e. The van der Waals surface area contributed by atoms with Crippen molar-refractivity contribution in [3.05, 3.63) is 71.8 Å². The molecule has 1 aliphatic heterocycles. The Morgan fingerprint density at radius 3 is 1.81 bits per heavy atom. The molecule has 0 aliphatic carbocycles. The zero-order valence-electron chi connectivity index (χ0n) is 31.0. The molecule has 0 unspecified atom stereocenters. The zero-order valence-corrected chi connectivity index (χ0v) is 31.9. The first-order chi connectivity index (χ1) is 24.0. The van der Waals surface area contributed by atoms with Crippen molar-refractivity contribution >= 4 is 42.8 Å². The van der Waals surface area contributed by atoms with E-state index in [9.17, 15) is 19.2 Å². The van der Waals surface area contributed by atoms with Crippen LogP contribution in [0.1, 0.15) is 80.9 Å². The largest absolute Gasteiger partial charge is 0.481 e. The highest BCUT2D eigenvalue weighted by Gasteiger charge is 2.26. The van der Waals surface area contributed by atoms with E-state index >= 15 is 0 Å². The summed E-state index contributed by atoms with van der Waals surface area (Å²) in [5.74, 6) is 3.49. The zero-order chi connectivity index (χ0) is 38.0. The SMILES string of the molecule is C.C.C.CCC=O.CCOC(=O)C=NC.CCOC(=O)[C@H](NC)[C@@H](C)CNOCc1ccccc1.C[C@@H]1C[C@@H](C(=O)O)CN1.Cl.NOCc1ccccc1. The number of aliphatic carboxylic acids is 1. The van der Waals surface area contributed by atoms with Crippen molar-refractivity contribution in [1.29, 1.82) is 0 Å². The molecule has 0 amide bonds. The van der Waals surface area contributed by atoms with Gasteiger partial charge in [0, 0.05) is 32.6 Å². The molecular weight excluding hydrogens is 718 g/mol. The summed E-state index contributed by atoms with van der Waals surface area (Å²) < 4.78 is 9.52. The third-order valence-corrected chi connectivity index (χ3v) is 6.49. The predicted octanol–water partition coefficient (Wildman–Crippen LogP) is 5.82. The lowest BCUT2D eigenvalue weighted by Crippen LogP contribution is -2.44. The van der Waals surface area contributed by atoms with E-state index in [2.05, 4.69) is 30.7 Å². The Labute approximate surface area is 331 Å². The van der Waals surface area contributed by atoms with Gasteiger partial charge in [0.25, 0.3) is 0 Å². The maximum Gasteiger partial charge on any atom is 0.348 e. The van der Waals surface area contributed by atoms with Gasteiger partial charge in [-0.15, -0.1) is 12.4 Å². The third kappa shape index (κ3) is 35.3. The first kappa shape index (κ1) is 62.2. The third-order valence-electron chi connectivity index (χ3n) is 6.49. The lowest BCUT2D eigenvalue weighted by molar-refractivity contribution is -0.147. The maximum absolute atomic E-state index is 11.7. The number of benzene rings is 2. The number of likely N-dealkylation sites (N-methyl/N-ethyl adjacent to an activating group) is 1. The molecule has 6 N–H and O–H groups in total. The number of rotatable bonds is 15. The molecule has 14 nitrogen and oxygen atoms in total. The first-order valence-electron chi connectivity index (χ1n) is 16.6. The standard InChI is InChI=1S/C15H24N2O3.C7H9NO.C6H11NO2.C5H9NO2.C3H6O.3CH4.ClH/c1-4-19-15(18)14(16-3)12(2)10-17-20-11-13-8-6-5-7-9-13;8-9-6-7-4-2-1-3-5-7;1-4-2-5(3-7-4)6(8)9;1-3-8-5(7)4-6-2;1-2-3-4;;;;/h5-9,12,14,16-17H,4,10-11H2,1-3H3;1-5H,6,8H2;4-5,7H,2-3H2,1H3,(H,8,9);4H,3H2,1-2H3;3H,2H2,1H3;3*1H4;1H/t12-,14+;;4-,5-;;;;;;/m0.1....../s1. The number of aldehydes is 1. The number of halogens is 1. The number of aliphatic imine (C=N–C) groups is 1. The van der Waals surface area contributed by atoms with Crippen molar-refractivity contribution in [1.82, 2.24) is 16.1 Å². The second kappa shape index (κ2) is 43.6. The summed E-state index contributed by atoms with van der Waals surface area (Å²) in [6.45, 7) is 12.3. The van der Waals surface area contributed by atoms with Crippen LogP contribution in [0.25, 0.3) is 0 Å². The van der Waals surface area contributed by atoms with Gasteiger partial charge in [0.2, 0.25) is 0 Å². The summed E-state index contributed by atoms with van der Waals surface area (Å²) in [4.78, 5) is 54.7. The van der Waals surface area contributed by atoms with E-state index in [4.69, 9.17) is 20.6 Å². The highest BCUT2D eigenvalue weighted by Crippen LogP contribution is 2.12. The molecule has 1 fully saturated rings. The Hall–Kier alpha value is -3.76. The van der Waals surface area contributed by atoms with Crippen LogP contribution in [0.15, 0.2) is 65.7 Å². The summed E-state index contributed by atoms with van der Waals surface area (Å²) in [5.41, 5.74) is 5.10. The molecule has 4 atom stereocenters. The van der Waals surface area contributed by atoms with E-state index < -0.39 is 5.97 Å². The second-order valence-electron chi connectivity index (χ2n) is 10.7. The average molecular weight is 790 g/mol. The number of carboxylic acid groups (broad SMARTS) is 1. The van der Waals surface area contributed by atoms with E-state index in [0.717, 1.165) is 30.0 Å². The second-order valence-corrected chi connectivity index (χ2v) is 10.7. The number of esters is 2. The number of nitrogens with one attached hydrogen (secondary N) is 3. The van der Waals surface area contributed by atoms with Crippen LogP contribution in [-0.2, 0) is 51.5 Å². The summed E-state index contributed by atoms with van der Waals surface area (Å²) in [6, 6.07) is 19.8. The molecule has 2 aromatic rings. The molecular formula is C39H72ClN5O9. The summed E-state index contributed by atoms with van der Waals surface area (Å²) in [7, 11) is 3.28. The van der Waals surface area contributed by atoms with Gasteiger partial charge in [-0.2, -0.15) is 0 Å². The van der Waals surface area contributed by atoms with Crippen molar-refractivity contribution < 1.29 is 43.4 Å². The fourth-order valence-corrected chi connectivity index (χ4v) is 3.96. The minimum atomic E-state index is -0.674. The van der Waals surface area contributed by atoms with Crippen LogP contribution >= 0.6 is 12.4 Å². The van der Waals surface area contributed by atoms with Crippen molar-refractivity contribution in [2.24, 2.45) is 22.7 Å². The average Bonchev–Trinajstić information content (AvgIpc) is 3.56. The molecule has 3 rings (SSSR count). The van der Waals surface area contributed by atoms with E-state index in [-0.39, 0.29) is 64.5 Å². The molecule has 1 heterocycles. The Bertz CT molecular complexity index is 1170. The quantitative estimate of drug-likeness (QED) is 0.0476. The van der Waals surface area contributed by atoms with Gasteiger partial charge in [-0.3, -0.25) is 24.3 Å². The van der Waals surface area contributed by atoms with Gasteiger partial charge in [0.15, 0.2) is 0 Å². The van der Waals surface area contributed by atoms with Crippen LogP contribution in [0.4, 0.5) is 0 Å². The number of carboxylic acids is 1. The van der Waals surface area contributed by atoms with Crippen molar-refractivity contribution in [3.63, 3.8) is 0 Å². The van der Waals surface area contributed by atoms with E-state index in [1.54, 1.807) is 20.9 Å². The van der Waals surface area contributed by atoms with Gasteiger partial charge >= 0.3 is 17.9 Å². The number of hydroxylamine groups is 1. The van der Waals surface area contributed by atoms with Crippen LogP contribution in [-0.4, -0.2) is 88.0 Å². The Morgan fingerprint density at radius 1 is 0.963 bits per heavy atom. The Morgan fingerprint density at radius 2 is 1.46 bits per heavy atom. The minimum Gasteiger partial charge on any atom is -0.481 e. The van der Waals surface area contributed by atoms with Crippen LogP contribution in [0.2, 0.25) is 0 Å². The minimum absolute atomic E-state index is 0. The molecule has 1 saturated heterocycles. The van der Waals surface area contributed by atoms with Gasteiger partial charge in [0.1, 0.15) is 18.5 Å². The molecule has 0 bridgehead atoms. The monoisotopic (exact) mass is 790 g/mol. The summed E-state index contributed by atoms with van der Waals surface area (Å²) >= 11 is 0. The van der Waals surface area contributed by atoms with E-state index in [1.807, 2.05) is 81.4 Å². The van der Waals surface area contributed by atoms with Crippen LogP contribution < -0.4 is 22.0 Å². The molecule has 0 spiro atoms. The van der Waals surface area contributed by atoms with Gasteiger partial charge in [-0.25, -0.2) is 16.2 Å². The highest BCUT2D eigenvalue weighted by molar-refractivity contribution is 6.23. The predicted molar refractivity (Wildman–Crippen MR) is 221 cm³/mol. The van der Waals surface area contributed by atoms with Crippen molar-refractivity contribution in [3.8, 4) is 0 Å². The summed E-state index contributed by atoms with van der Waals surface area (Å²) in [6.07, 6.45) is 3.43. The topological polar surface area (TPSA) is 200 Å². The molecule has 0 radical (unpaired) electrons. The number of nitrogens with two attached hydrogens (primary N) is 1. The Kier molecular flexibility index (Phi) is 50.3. The fraction of sp³-hybridized carbons (Fsp3) is 0.564. The number of nitrogens with zero attached hydrogens (tertiary/aromatic N) is 1.